The van der Waals surface area contributed by atoms with Gasteiger partial charge in [-0.2, -0.15) is 0 Å². The van der Waals surface area contributed by atoms with E-state index in [9.17, 15) is 5.11 Å². The van der Waals surface area contributed by atoms with Crippen LogP contribution in [-0.4, -0.2) is 41.8 Å². The molecule has 0 aliphatic rings. The van der Waals surface area contributed by atoms with E-state index in [0.717, 1.165) is 17.2 Å². The Balaban J connectivity index is 1.54. The molecule has 1 atom stereocenters. The number of rotatable bonds is 10. The first-order valence-corrected chi connectivity index (χ1v) is 8.78. The number of pyridine rings is 1. The van der Waals surface area contributed by atoms with Gasteiger partial charge in [-0.05, 0) is 36.2 Å². The van der Waals surface area contributed by atoms with Crippen LogP contribution in [0.15, 0.2) is 53.7 Å². The van der Waals surface area contributed by atoms with Crippen LogP contribution in [0.4, 0.5) is 0 Å². The van der Waals surface area contributed by atoms with Crippen LogP contribution in [0.25, 0.3) is 0 Å². The van der Waals surface area contributed by atoms with E-state index in [-0.39, 0.29) is 0 Å². The van der Waals surface area contributed by atoms with Crippen molar-refractivity contribution in [2.45, 2.75) is 24.5 Å². The molecule has 1 aromatic carbocycles. The number of hydrogen-bond donors (Lipinski definition) is 1. The molecule has 1 N–H and O–H groups in total. The second-order valence-electron chi connectivity index (χ2n) is 5.05. The molecule has 5 heteroatoms. The number of aryl methyl sites for hydroxylation is 1. The molecule has 0 aliphatic heterocycles. The summed E-state index contributed by atoms with van der Waals surface area (Å²) in [6.45, 7) is 3.37. The van der Waals surface area contributed by atoms with Gasteiger partial charge < -0.3 is 14.6 Å². The molecule has 0 fully saturated rings. The van der Waals surface area contributed by atoms with Gasteiger partial charge in [0.15, 0.2) is 0 Å². The van der Waals surface area contributed by atoms with Crippen molar-refractivity contribution in [2.24, 2.45) is 0 Å². The molecule has 0 saturated heterocycles. The summed E-state index contributed by atoms with van der Waals surface area (Å²) < 4.78 is 11.0. The first-order valence-electron chi connectivity index (χ1n) is 7.79. The number of ether oxygens (including phenoxy) is 2. The van der Waals surface area contributed by atoms with Crippen molar-refractivity contribution in [1.82, 2.24) is 4.98 Å². The third kappa shape index (κ3) is 7.03. The summed E-state index contributed by atoms with van der Waals surface area (Å²) in [6, 6.07) is 13.8. The highest BCUT2D eigenvalue weighted by Gasteiger charge is 2.06. The average Bonchev–Trinajstić information content (AvgIpc) is 2.61. The number of thioether (sulfide) groups is 1. The Hall–Kier alpha value is -1.56. The minimum absolute atomic E-state index is 0.304. The van der Waals surface area contributed by atoms with E-state index in [2.05, 4.69) is 24.0 Å². The molecule has 0 spiro atoms. The van der Waals surface area contributed by atoms with Crippen molar-refractivity contribution >= 4 is 11.8 Å². The monoisotopic (exact) mass is 333 g/mol. The number of aliphatic hydroxyl groups excluding tert-OH is 1. The molecule has 2 aromatic rings. The average molecular weight is 333 g/mol. The van der Waals surface area contributed by atoms with Gasteiger partial charge in [-0.1, -0.05) is 25.1 Å². The Morgan fingerprint density at radius 3 is 2.65 bits per heavy atom. The number of aliphatic hydroxyl groups is 1. The second kappa shape index (κ2) is 10.3. The summed E-state index contributed by atoms with van der Waals surface area (Å²) in [5.41, 5.74) is 1.29. The van der Waals surface area contributed by atoms with Crippen molar-refractivity contribution in [3.8, 4) is 5.75 Å². The SMILES string of the molecule is CCc1ccc(OCCOCC(O)CSc2ccccn2)cc1. The predicted molar refractivity (Wildman–Crippen MR) is 93.1 cm³/mol. The van der Waals surface area contributed by atoms with Crippen LogP contribution < -0.4 is 4.74 Å². The van der Waals surface area contributed by atoms with Crippen molar-refractivity contribution in [3.63, 3.8) is 0 Å². The van der Waals surface area contributed by atoms with Gasteiger partial charge in [-0.25, -0.2) is 4.98 Å². The largest absolute Gasteiger partial charge is 0.491 e. The molecular formula is C18H23NO3S. The Kier molecular flexibility index (Phi) is 7.93. The lowest BCUT2D eigenvalue weighted by atomic mass is 10.2. The van der Waals surface area contributed by atoms with Gasteiger partial charge in [-0.15, -0.1) is 11.8 Å². The quantitative estimate of drug-likeness (QED) is 0.534. The van der Waals surface area contributed by atoms with Crippen molar-refractivity contribution in [3.05, 3.63) is 54.2 Å². The fourth-order valence-electron chi connectivity index (χ4n) is 1.92. The van der Waals surface area contributed by atoms with Crippen LogP contribution in [0, 0.1) is 0 Å². The lowest BCUT2D eigenvalue weighted by Gasteiger charge is -2.11. The highest BCUT2D eigenvalue weighted by atomic mass is 32.2. The highest BCUT2D eigenvalue weighted by Crippen LogP contribution is 2.15. The number of hydrogen-bond acceptors (Lipinski definition) is 5. The zero-order chi connectivity index (χ0) is 16.3. The number of aromatic nitrogens is 1. The molecule has 23 heavy (non-hydrogen) atoms. The Bertz CT molecular complexity index is 548. The molecule has 0 saturated carbocycles. The molecule has 4 nitrogen and oxygen atoms in total. The van der Waals surface area contributed by atoms with Gasteiger partial charge in [0.1, 0.15) is 12.4 Å². The second-order valence-corrected chi connectivity index (χ2v) is 6.09. The van der Waals surface area contributed by atoms with Gasteiger partial charge in [0.25, 0.3) is 0 Å². The lowest BCUT2D eigenvalue weighted by molar-refractivity contribution is 0.0348. The van der Waals surface area contributed by atoms with Crippen molar-refractivity contribution in [1.29, 1.82) is 0 Å². The van der Waals surface area contributed by atoms with E-state index < -0.39 is 6.10 Å². The smallest absolute Gasteiger partial charge is 0.119 e. The van der Waals surface area contributed by atoms with Gasteiger partial charge in [-0.3, -0.25) is 0 Å². The molecule has 0 bridgehead atoms. The minimum Gasteiger partial charge on any atom is -0.491 e. The van der Waals surface area contributed by atoms with E-state index >= 15 is 0 Å². The summed E-state index contributed by atoms with van der Waals surface area (Å²) in [4.78, 5) is 4.20. The van der Waals surface area contributed by atoms with Crippen LogP contribution in [0.1, 0.15) is 12.5 Å². The summed E-state index contributed by atoms with van der Waals surface area (Å²) in [5, 5.41) is 10.8. The van der Waals surface area contributed by atoms with E-state index in [1.165, 1.54) is 17.3 Å². The van der Waals surface area contributed by atoms with E-state index in [4.69, 9.17) is 9.47 Å². The Morgan fingerprint density at radius 1 is 1.13 bits per heavy atom. The summed E-state index contributed by atoms with van der Waals surface area (Å²) >= 11 is 1.52. The van der Waals surface area contributed by atoms with Crippen LogP contribution in [0.3, 0.4) is 0 Å². The maximum absolute atomic E-state index is 9.87. The Labute approximate surface area is 141 Å². The number of benzene rings is 1. The third-order valence-electron chi connectivity index (χ3n) is 3.20. The number of nitrogens with zero attached hydrogens (tertiary/aromatic N) is 1. The predicted octanol–water partition coefficient (Wildman–Crippen LogP) is 3.19. The molecule has 1 aromatic heterocycles. The van der Waals surface area contributed by atoms with Gasteiger partial charge in [0, 0.05) is 11.9 Å². The van der Waals surface area contributed by atoms with Crippen LogP contribution >= 0.6 is 11.8 Å². The maximum atomic E-state index is 9.87. The molecular weight excluding hydrogens is 310 g/mol. The van der Waals surface area contributed by atoms with Crippen molar-refractivity contribution < 1.29 is 14.6 Å². The molecule has 1 heterocycles. The van der Waals surface area contributed by atoms with Crippen LogP contribution in [0.5, 0.6) is 5.75 Å². The van der Waals surface area contributed by atoms with E-state index in [0.29, 0.717) is 25.6 Å². The Morgan fingerprint density at radius 2 is 1.96 bits per heavy atom. The van der Waals surface area contributed by atoms with Crippen LogP contribution in [-0.2, 0) is 11.2 Å². The first-order chi connectivity index (χ1) is 11.3. The standard InChI is InChI=1S/C18H23NO3S/c1-2-15-6-8-17(9-7-15)22-12-11-21-13-16(20)14-23-18-5-3-4-10-19-18/h3-10,16,20H,2,11-14H2,1H3. The third-order valence-corrected chi connectivity index (χ3v) is 4.29. The maximum Gasteiger partial charge on any atom is 0.119 e. The molecule has 124 valence electrons. The molecule has 0 radical (unpaired) electrons. The summed E-state index contributed by atoms with van der Waals surface area (Å²) in [5.74, 6) is 1.41. The summed E-state index contributed by atoms with van der Waals surface area (Å²) in [6.07, 6.45) is 2.26. The van der Waals surface area contributed by atoms with Gasteiger partial charge >= 0.3 is 0 Å². The topological polar surface area (TPSA) is 51.6 Å². The fourth-order valence-corrected chi connectivity index (χ4v) is 2.69. The minimum atomic E-state index is -0.508. The normalized spacial score (nSPS) is 12.1. The van der Waals surface area contributed by atoms with E-state index in [1.807, 2.05) is 30.3 Å². The van der Waals surface area contributed by atoms with Gasteiger partial charge in [0.05, 0.1) is 24.3 Å². The zero-order valence-corrected chi connectivity index (χ0v) is 14.2. The first kappa shape index (κ1) is 17.8. The zero-order valence-electron chi connectivity index (χ0n) is 13.4. The molecule has 0 aliphatic carbocycles. The van der Waals surface area contributed by atoms with Crippen LogP contribution in [0.2, 0.25) is 0 Å². The lowest BCUT2D eigenvalue weighted by Crippen LogP contribution is -2.20. The summed E-state index contributed by atoms with van der Waals surface area (Å²) in [7, 11) is 0. The molecule has 0 amide bonds. The van der Waals surface area contributed by atoms with Crippen molar-refractivity contribution in [2.75, 3.05) is 25.6 Å². The van der Waals surface area contributed by atoms with E-state index in [1.54, 1.807) is 6.20 Å². The molecule has 2 rings (SSSR count). The molecule has 1 unspecified atom stereocenters. The highest BCUT2D eigenvalue weighted by molar-refractivity contribution is 7.99. The fraction of sp³-hybridized carbons (Fsp3) is 0.389. The van der Waals surface area contributed by atoms with Gasteiger partial charge in [0.2, 0.25) is 0 Å².